The Kier molecular flexibility index (Phi) is 1.66. The van der Waals surface area contributed by atoms with E-state index in [1.165, 1.54) is 0 Å². The molecule has 0 aromatic heterocycles. The van der Waals surface area contributed by atoms with Crippen molar-refractivity contribution in [2.75, 3.05) is 0 Å². The lowest BCUT2D eigenvalue weighted by atomic mass is 9.92. The fourth-order valence-corrected chi connectivity index (χ4v) is 1.87. The summed E-state index contributed by atoms with van der Waals surface area (Å²) >= 11 is 3.24. The van der Waals surface area contributed by atoms with Crippen LogP contribution >= 0.6 is 15.9 Å². The van der Waals surface area contributed by atoms with Crippen molar-refractivity contribution in [3.8, 4) is 0 Å². The Morgan fingerprint density at radius 3 is 2.85 bits per heavy atom. The van der Waals surface area contributed by atoms with Gasteiger partial charge >= 0.3 is 6.03 Å². The summed E-state index contributed by atoms with van der Waals surface area (Å²) in [5, 5.41) is 12.3. The molecule has 3 amide bonds. The van der Waals surface area contributed by atoms with E-state index in [0.717, 1.165) is 0 Å². The molecule has 6 nitrogen and oxygen atoms in total. The standard InChI is InChI=1S/C6H7BrN4O2/c1-6-2(10-11-4(6)7)3(12)8-5(13)9-6/h2,4H,1H3,(H2,8,9,12,13). The first-order valence-electron chi connectivity index (χ1n) is 3.71. The largest absolute Gasteiger partial charge is 0.327 e. The molecule has 3 unspecified atom stereocenters. The van der Waals surface area contributed by atoms with Crippen LogP contribution < -0.4 is 10.6 Å². The summed E-state index contributed by atoms with van der Waals surface area (Å²) < 4.78 is 0. The van der Waals surface area contributed by atoms with Crippen LogP contribution in [-0.4, -0.2) is 28.5 Å². The number of rotatable bonds is 0. The molecule has 2 heterocycles. The Morgan fingerprint density at radius 2 is 2.15 bits per heavy atom. The molecule has 0 aromatic carbocycles. The molecular weight excluding hydrogens is 240 g/mol. The monoisotopic (exact) mass is 246 g/mol. The Labute approximate surface area is 82.3 Å². The number of nitrogens with zero attached hydrogens (tertiary/aromatic N) is 2. The third-order valence-corrected chi connectivity index (χ3v) is 3.35. The first-order chi connectivity index (χ1) is 6.04. The van der Waals surface area contributed by atoms with Gasteiger partial charge in [-0.05, 0) is 6.92 Å². The Bertz CT molecular complexity index is 318. The van der Waals surface area contributed by atoms with E-state index in [0.29, 0.717) is 0 Å². The number of alkyl halides is 1. The van der Waals surface area contributed by atoms with Gasteiger partial charge in [-0.25, -0.2) is 4.79 Å². The highest BCUT2D eigenvalue weighted by molar-refractivity contribution is 9.09. The minimum atomic E-state index is -0.737. The summed E-state index contributed by atoms with van der Waals surface area (Å²) in [5.74, 6) is -0.406. The van der Waals surface area contributed by atoms with Gasteiger partial charge in [0.25, 0.3) is 5.91 Å². The number of hydrogen-bond donors (Lipinski definition) is 2. The number of azo groups is 1. The number of nitrogens with one attached hydrogen (secondary N) is 2. The van der Waals surface area contributed by atoms with Gasteiger partial charge in [-0.1, -0.05) is 15.9 Å². The molecule has 70 valence electrons. The molecular formula is C6H7BrN4O2. The number of carbonyl (C=O) groups excluding carboxylic acids is 2. The van der Waals surface area contributed by atoms with Gasteiger partial charge in [-0.2, -0.15) is 10.2 Å². The Hall–Kier alpha value is -0.980. The fourth-order valence-electron chi connectivity index (χ4n) is 1.40. The molecule has 7 heteroatoms. The van der Waals surface area contributed by atoms with Gasteiger partial charge in [0.1, 0.15) is 5.54 Å². The molecule has 2 N–H and O–H groups in total. The van der Waals surface area contributed by atoms with Gasteiger partial charge in [-0.3, -0.25) is 10.1 Å². The maximum atomic E-state index is 11.3. The average molecular weight is 247 g/mol. The zero-order valence-electron chi connectivity index (χ0n) is 6.74. The highest BCUT2D eigenvalue weighted by atomic mass is 79.9. The van der Waals surface area contributed by atoms with E-state index in [1.54, 1.807) is 6.92 Å². The second kappa shape index (κ2) is 2.50. The van der Waals surface area contributed by atoms with Crippen LogP contribution in [-0.2, 0) is 4.79 Å². The zero-order chi connectivity index (χ0) is 9.64. The minimum absolute atomic E-state index is 0.347. The van der Waals surface area contributed by atoms with Crippen molar-refractivity contribution in [3.05, 3.63) is 0 Å². The average Bonchev–Trinajstić information content (AvgIpc) is 2.27. The topological polar surface area (TPSA) is 82.9 Å². The summed E-state index contributed by atoms with van der Waals surface area (Å²) in [4.78, 5) is 22.0. The number of imide groups is 1. The lowest BCUT2D eigenvalue weighted by Crippen LogP contribution is -2.68. The van der Waals surface area contributed by atoms with Crippen molar-refractivity contribution < 1.29 is 9.59 Å². The normalized spacial score (nSPS) is 42.6. The van der Waals surface area contributed by atoms with Crippen molar-refractivity contribution in [1.82, 2.24) is 10.6 Å². The van der Waals surface area contributed by atoms with Crippen LogP contribution in [0.15, 0.2) is 10.2 Å². The van der Waals surface area contributed by atoms with E-state index < -0.39 is 23.5 Å². The van der Waals surface area contributed by atoms with E-state index >= 15 is 0 Å². The molecule has 3 atom stereocenters. The zero-order valence-corrected chi connectivity index (χ0v) is 8.33. The predicted molar refractivity (Wildman–Crippen MR) is 46.4 cm³/mol. The van der Waals surface area contributed by atoms with Crippen molar-refractivity contribution in [2.45, 2.75) is 23.5 Å². The van der Waals surface area contributed by atoms with Crippen LogP contribution in [0.3, 0.4) is 0 Å². The van der Waals surface area contributed by atoms with E-state index in [4.69, 9.17) is 0 Å². The van der Waals surface area contributed by atoms with Crippen molar-refractivity contribution in [3.63, 3.8) is 0 Å². The van der Waals surface area contributed by atoms with Gasteiger partial charge < -0.3 is 5.32 Å². The van der Waals surface area contributed by atoms with Crippen molar-refractivity contribution >= 4 is 27.9 Å². The maximum absolute atomic E-state index is 11.3. The molecule has 2 aliphatic heterocycles. The molecule has 0 aliphatic carbocycles. The molecule has 2 aliphatic rings. The highest BCUT2D eigenvalue weighted by Crippen LogP contribution is 2.33. The quantitative estimate of drug-likeness (QED) is 0.471. The molecule has 0 spiro atoms. The minimum Gasteiger partial charge on any atom is -0.327 e. The second-order valence-electron chi connectivity index (χ2n) is 3.20. The smallest absolute Gasteiger partial charge is 0.322 e. The summed E-state index contributed by atoms with van der Waals surface area (Å²) in [6, 6.07) is -1.13. The van der Waals surface area contributed by atoms with E-state index in [9.17, 15) is 9.59 Å². The van der Waals surface area contributed by atoms with Crippen molar-refractivity contribution in [2.24, 2.45) is 10.2 Å². The summed E-state index contributed by atoms with van der Waals surface area (Å²) in [5.41, 5.74) is -0.737. The molecule has 0 saturated carbocycles. The van der Waals surface area contributed by atoms with Crippen LogP contribution in [0.25, 0.3) is 0 Å². The Balaban J connectivity index is 2.36. The Morgan fingerprint density at radius 1 is 1.46 bits per heavy atom. The van der Waals surface area contributed by atoms with E-state index in [1.807, 2.05) is 0 Å². The fraction of sp³-hybridized carbons (Fsp3) is 0.667. The van der Waals surface area contributed by atoms with Crippen LogP contribution in [0.5, 0.6) is 0 Å². The van der Waals surface area contributed by atoms with Gasteiger partial charge in [0.15, 0.2) is 11.0 Å². The molecule has 0 bridgehead atoms. The van der Waals surface area contributed by atoms with Gasteiger partial charge in [0, 0.05) is 0 Å². The number of halogens is 1. The van der Waals surface area contributed by atoms with Crippen LogP contribution in [0, 0.1) is 0 Å². The number of urea groups is 1. The van der Waals surface area contributed by atoms with Crippen molar-refractivity contribution in [1.29, 1.82) is 0 Å². The number of carbonyl (C=O) groups is 2. The molecule has 0 radical (unpaired) electrons. The van der Waals surface area contributed by atoms with Gasteiger partial charge in [-0.15, -0.1) is 0 Å². The van der Waals surface area contributed by atoms with Crippen LogP contribution in [0.1, 0.15) is 6.92 Å². The molecule has 0 aromatic rings. The highest BCUT2D eigenvalue weighted by Gasteiger charge is 2.53. The predicted octanol–water partition coefficient (Wildman–Crippen LogP) is 0.140. The summed E-state index contributed by atoms with van der Waals surface area (Å²) in [6.07, 6.45) is 0. The number of fused-ring (bicyclic) bond motifs is 1. The summed E-state index contributed by atoms with van der Waals surface area (Å²) in [6.45, 7) is 1.73. The lowest BCUT2D eigenvalue weighted by molar-refractivity contribution is -0.123. The maximum Gasteiger partial charge on any atom is 0.322 e. The molecule has 1 fully saturated rings. The SMILES string of the molecule is CC12NC(=O)NC(=O)C1N=NC2Br. The third kappa shape index (κ3) is 1.06. The van der Waals surface area contributed by atoms with Gasteiger partial charge in [0.05, 0.1) is 0 Å². The first-order valence-corrected chi connectivity index (χ1v) is 4.62. The second-order valence-corrected chi connectivity index (χ2v) is 4.06. The van der Waals surface area contributed by atoms with Crippen LogP contribution in [0.4, 0.5) is 4.79 Å². The van der Waals surface area contributed by atoms with Crippen LogP contribution in [0.2, 0.25) is 0 Å². The molecule has 13 heavy (non-hydrogen) atoms. The summed E-state index contributed by atoms with van der Waals surface area (Å²) in [7, 11) is 0. The number of hydrogen-bond acceptors (Lipinski definition) is 4. The number of amides is 3. The third-order valence-electron chi connectivity index (χ3n) is 2.21. The van der Waals surface area contributed by atoms with Gasteiger partial charge in [0.2, 0.25) is 0 Å². The lowest BCUT2D eigenvalue weighted by Gasteiger charge is -2.35. The molecule has 2 rings (SSSR count). The van der Waals surface area contributed by atoms with E-state index in [-0.39, 0.29) is 4.95 Å². The van der Waals surface area contributed by atoms with E-state index in [2.05, 4.69) is 36.8 Å². The molecule has 1 saturated heterocycles. The first kappa shape index (κ1) is 8.61.